The van der Waals surface area contributed by atoms with Crippen molar-refractivity contribution < 1.29 is 18.7 Å². The molecule has 2 amide bonds. The van der Waals surface area contributed by atoms with E-state index in [4.69, 9.17) is 4.74 Å². The number of benzene rings is 1. The molecule has 0 bridgehead atoms. The molecular weight excluding hydrogens is 311 g/mol. The van der Waals surface area contributed by atoms with E-state index in [1.165, 1.54) is 6.07 Å². The van der Waals surface area contributed by atoms with Gasteiger partial charge in [0.15, 0.2) is 0 Å². The summed E-state index contributed by atoms with van der Waals surface area (Å²) in [5, 5.41) is 2.82. The maximum Gasteiger partial charge on any atom is 0.407 e. The first-order valence-electron chi connectivity index (χ1n) is 8.54. The number of likely N-dealkylation sites (tertiary alicyclic amines) is 1. The third-order valence-electron chi connectivity index (χ3n) is 5.60. The first-order chi connectivity index (χ1) is 11.5. The molecule has 1 saturated carbocycles. The van der Waals surface area contributed by atoms with Gasteiger partial charge in [-0.05, 0) is 49.3 Å². The van der Waals surface area contributed by atoms with Crippen molar-refractivity contribution in [1.82, 2.24) is 10.2 Å². The molecular formula is C18H21FN2O3. The first-order valence-corrected chi connectivity index (χ1v) is 8.54. The SMILES string of the molecule is O=C1N[C@]2(CO1)C[C@H](C(=O)N1CCC(c3cccc(F)c3)CC1)C2. The second kappa shape index (κ2) is 5.76. The van der Waals surface area contributed by atoms with Crippen molar-refractivity contribution in [1.29, 1.82) is 0 Å². The molecule has 128 valence electrons. The molecule has 3 aliphatic rings. The number of rotatable bonds is 2. The molecule has 2 heterocycles. The highest BCUT2D eigenvalue weighted by Gasteiger charge is 2.53. The summed E-state index contributed by atoms with van der Waals surface area (Å²) in [5.74, 6) is 0.281. The van der Waals surface area contributed by atoms with Gasteiger partial charge in [-0.2, -0.15) is 0 Å². The van der Waals surface area contributed by atoms with Gasteiger partial charge in [-0.15, -0.1) is 0 Å². The number of cyclic esters (lactones) is 1. The van der Waals surface area contributed by atoms with Crippen LogP contribution in [0.15, 0.2) is 24.3 Å². The second-order valence-electron chi connectivity index (χ2n) is 7.24. The third kappa shape index (κ3) is 2.74. The Morgan fingerprint density at radius 1 is 1.29 bits per heavy atom. The minimum absolute atomic E-state index is 0.0160. The summed E-state index contributed by atoms with van der Waals surface area (Å²) < 4.78 is 18.3. The zero-order chi connectivity index (χ0) is 16.7. The van der Waals surface area contributed by atoms with Crippen LogP contribution in [-0.2, 0) is 9.53 Å². The average Bonchev–Trinajstić information content (AvgIpc) is 2.95. The number of carbonyl (C=O) groups is 2. The van der Waals surface area contributed by atoms with Crippen molar-refractivity contribution in [2.24, 2.45) is 5.92 Å². The molecule has 0 atom stereocenters. The molecule has 0 unspecified atom stereocenters. The van der Waals surface area contributed by atoms with Crippen LogP contribution in [0.1, 0.15) is 37.2 Å². The lowest BCUT2D eigenvalue weighted by Gasteiger charge is -2.45. The van der Waals surface area contributed by atoms with Crippen molar-refractivity contribution in [3.8, 4) is 0 Å². The number of hydrogen-bond donors (Lipinski definition) is 1. The van der Waals surface area contributed by atoms with E-state index in [2.05, 4.69) is 5.32 Å². The minimum Gasteiger partial charge on any atom is -0.447 e. The lowest BCUT2D eigenvalue weighted by molar-refractivity contribution is -0.142. The topological polar surface area (TPSA) is 58.6 Å². The van der Waals surface area contributed by atoms with Crippen molar-refractivity contribution in [2.75, 3.05) is 19.7 Å². The van der Waals surface area contributed by atoms with Gasteiger partial charge in [0.1, 0.15) is 12.4 Å². The Hall–Kier alpha value is -2.11. The first kappa shape index (κ1) is 15.4. The van der Waals surface area contributed by atoms with Crippen LogP contribution in [0.4, 0.5) is 9.18 Å². The van der Waals surface area contributed by atoms with Crippen molar-refractivity contribution >= 4 is 12.0 Å². The smallest absolute Gasteiger partial charge is 0.407 e. The van der Waals surface area contributed by atoms with Gasteiger partial charge < -0.3 is 15.0 Å². The molecule has 1 aromatic carbocycles. The van der Waals surface area contributed by atoms with Crippen molar-refractivity contribution in [2.45, 2.75) is 37.1 Å². The molecule has 6 heteroatoms. The Balaban J connectivity index is 1.30. The van der Waals surface area contributed by atoms with E-state index in [0.717, 1.165) is 18.4 Å². The number of nitrogens with one attached hydrogen (secondary N) is 1. The zero-order valence-corrected chi connectivity index (χ0v) is 13.5. The van der Waals surface area contributed by atoms with E-state index >= 15 is 0 Å². The number of halogens is 1. The normalized spacial score (nSPS) is 30.0. The summed E-state index contributed by atoms with van der Waals surface area (Å²) >= 11 is 0. The van der Waals surface area contributed by atoms with Gasteiger partial charge in [-0.3, -0.25) is 4.79 Å². The van der Waals surface area contributed by atoms with Crippen molar-refractivity contribution in [3.63, 3.8) is 0 Å². The highest BCUT2D eigenvalue weighted by Crippen LogP contribution is 2.42. The predicted molar refractivity (Wildman–Crippen MR) is 84.9 cm³/mol. The Labute approximate surface area is 140 Å². The molecule has 2 aliphatic heterocycles. The number of alkyl carbamates (subject to hydrolysis) is 1. The van der Waals surface area contributed by atoms with Crippen LogP contribution < -0.4 is 5.32 Å². The molecule has 1 aliphatic carbocycles. The summed E-state index contributed by atoms with van der Waals surface area (Å²) in [6.07, 6.45) is 2.69. The van der Waals surface area contributed by atoms with Crippen molar-refractivity contribution in [3.05, 3.63) is 35.6 Å². The molecule has 3 fully saturated rings. The lowest BCUT2D eigenvalue weighted by atomic mass is 9.68. The van der Waals surface area contributed by atoms with Gasteiger partial charge in [0.25, 0.3) is 0 Å². The Kier molecular flexibility index (Phi) is 3.70. The van der Waals surface area contributed by atoms with Crippen LogP contribution in [0.5, 0.6) is 0 Å². The monoisotopic (exact) mass is 332 g/mol. The quantitative estimate of drug-likeness (QED) is 0.905. The highest BCUT2D eigenvalue weighted by molar-refractivity contribution is 5.81. The molecule has 1 N–H and O–H groups in total. The maximum absolute atomic E-state index is 13.4. The Morgan fingerprint density at radius 3 is 2.67 bits per heavy atom. The zero-order valence-electron chi connectivity index (χ0n) is 13.5. The maximum atomic E-state index is 13.4. The number of amides is 2. The van der Waals surface area contributed by atoms with Crippen LogP contribution >= 0.6 is 0 Å². The Bertz CT molecular complexity index is 664. The minimum atomic E-state index is -0.378. The van der Waals surface area contributed by atoms with E-state index in [-0.39, 0.29) is 29.3 Å². The van der Waals surface area contributed by atoms with Crippen LogP contribution in [0.2, 0.25) is 0 Å². The second-order valence-corrected chi connectivity index (χ2v) is 7.24. The summed E-state index contributed by atoms with van der Waals surface area (Å²) in [6.45, 7) is 1.80. The number of hydrogen-bond acceptors (Lipinski definition) is 3. The molecule has 4 rings (SSSR count). The van der Waals surface area contributed by atoms with Gasteiger partial charge in [0, 0.05) is 19.0 Å². The van der Waals surface area contributed by atoms with Gasteiger partial charge in [-0.25, -0.2) is 9.18 Å². The van der Waals surface area contributed by atoms with Gasteiger partial charge in [-0.1, -0.05) is 12.1 Å². The predicted octanol–water partition coefficient (Wildman–Crippen LogP) is 2.42. The van der Waals surface area contributed by atoms with E-state index in [0.29, 0.717) is 38.5 Å². The molecule has 2 saturated heterocycles. The number of nitrogens with zero attached hydrogens (tertiary/aromatic N) is 1. The summed E-state index contributed by atoms with van der Waals surface area (Å²) in [5.41, 5.74) is 0.715. The summed E-state index contributed by atoms with van der Waals surface area (Å²) in [6, 6.07) is 6.76. The molecule has 24 heavy (non-hydrogen) atoms. The number of carbonyl (C=O) groups excluding carboxylic acids is 2. The van der Waals surface area contributed by atoms with Gasteiger partial charge in [0.2, 0.25) is 5.91 Å². The largest absolute Gasteiger partial charge is 0.447 e. The van der Waals surface area contributed by atoms with Gasteiger partial charge >= 0.3 is 6.09 Å². The van der Waals surface area contributed by atoms with Crippen LogP contribution in [-0.4, -0.2) is 42.1 Å². The summed E-state index contributed by atoms with van der Waals surface area (Å²) in [7, 11) is 0. The van der Waals surface area contributed by atoms with E-state index in [9.17, 15) is 14.0 Å². The van der Waals surface area contributed by atoms with Crippen LogP contribution in [0.25, 0.3) is 0 Å². The molecule has 5 nitrogen and oxygen atoms in total. The van der Waals surface area contributed by atoms with Crippen LogP contribution in [0, 0.1) is 11.7 Å². The average molecular weight is 332 g/mol. The standard InChI is InChI=1S/C18H21FN2O3/c19-15-3-1-2-13(8-15)12-4-6-21(7-5-12)16(22)14-9-18(10-14)11-24-17(23)20-18/h1-3,8,12,14H,4-7,9-11H2,(H,20,23)/t14-,18+. The molecule has 1 spiro atoms. The van der Waals surface area contributed by atoms with E-state index in [1.54, 1.807) is 12.1 Å². The fourth-order valence-electron chi connectivity index (χ4n) is 4.22. The summed E-state index contributed by atoms with van der Waals surface area (Å²) in [4.78, 5) is 25.7. The molecule has 0 aromatic heterocycles. The Morgan fingerprint density at radius 2 is 2.04 bits per heavy atom. The number of ether oxygens (including phenoxy) is 1. The molecule has 0 radical (unpaired) electrons. The highest BCUT2D eigenvalue weighted by atomic mass is 19.1. The third-order valence-corrected chi connectivity index (χ3v) is 5.60. The van der Waals surface area contributed by atoms with E-state index in [1.807, 2.05) is 11.0 Å². The number of piperidine rings is 1. The van der Waals surface area contributed by atoms with E-state index < -0.39 is 0 Å². The molecule has 1 aromatic rings. The fraction of sp³-hybridized carbons (Fsp3) is 0.556. The van der Waals surface area contributed by atoms with Crippen LogP contribution in [0.3, 0.4) is 0 Å². The fourth-order valence-corrected chi connectivity index (χ4v) is 4.22. The lowest BCUT2D eigenvalue weighted by Crippen LogP contribution is -2.58. The van der Waals surface area contributed by atoms with Gasteiger partial charge in [0.05, 0.1) is 5.54 Å².